The zero-order valence-corrected chi connectivity index (χ0v) is 8.23. The van der Waals surface area contributed by atoms with Crippen LogP contribution < -0.4 is 5.32 Å². The number of hydrogen-bond donors (Lipinski definition) is 1. The molecule has 12 heavy (non-hydrogen) atoms. The SMILES string of the molecule is CCCCCCC(CC)N[C]=O. The third kappa shape index (κ3) is 6.20. The van der Waals surface area contributed by atoms with E-state index in [0.29, 0.717) is 6.04 Å². The summed E-state index contributed by atoms with van der Waals surface area (Å²) in [5.41, 5.74) is 0. The minimum atomic E-state index is 0.347. The molecule has 0 aromatic heterocycles. The van der Waals surface area contributed by atoms with Gasteiger partial charge >= 0.3 is 6.41 Å². The Morgan fingerprint density at radius 2 is 2.00 bits per heavy atom. The van der Waals surface area contributed by atoms with E-state index in [9.17, 15) is 4.79 Å². The van der Waals surface area contributed by atoms with Crippen LogP contribution in [0.1, 0.15) is 52.4 Å². The summed E-state index contributed by atoms with van der Waals surface area (Å²) >= 11 is 0. The van der Waals surface area contributed by atoms with Crippen LogP contribution in [-0.2, 0) is 4.79 Å². The highest BCUT2D eigenvalue weighted by Crippen LogP contribution is 2.06. The van der Waals surface area contributed by atoms with Crippen molar-refractivity contribution in [1.82, 2.24) is 5.32 Å². The second kappa shape index (κ2) is 8.57. The highest BCUT2D eigenvalue weighted by molar-refractivity contribution is 5.47. The van der Waals surface area contributed by atoms with E-state index in [-0.39, 0.29) is 0 Å². The molecule has 0 saturated carbocycles. The number of carbonyl (C=O) groups excluding carboxylic acids is 1. The van der Waals surface area contributed by atoms with Gasteiger partial charge in [0, 0.05) is 6.04 Å². The van der Waals surface area contributed by atoms with Gasteiger partial charge in [-0.15, -0.1) is 0 Å². The molecule has 0 aliphatic rings. The molecule has 1 amide bonds. The van der Waals surface area contributed by atoms with Crippen LogP contribution in [0.2, 0.25) is 0 Å². The fourth-order valence-electron chi connectivity index (χ4n) is 1.28. The Morgan fingerprint density at radius 3 is 2.50 bits per heavy atom. The first-order chi connectivity index (χ1) is 5.85. The van der Waals surface area contributed by atoms with Crippen LogP contribution in [0.15, 0.2) is 0 Å². The standard InChI is InChI=1S/C10H20NO/c1-3-5-6-7-8-10(4-2)11-9-12/h10H,3-8H2,1-2H3,(H,11,12). The zero-order valence-electron chi connectivity index (χ0n) is 8.23. The van der Waals surface area contributed by atoms with Gasteiger partial charge in [0.1, 0.15) is 0 Å². The summed E-state index contributed by atoms with van der Waals surface area (Å²) in [5, 5.41) is 2.70. The Kier molecular flexibility index (Phi) is 8.19. The summed E-state index contributed by atoms with van der Waals surface area (Å²) in [6, 6.07) is 0.347. The molecule has 2 heteroatoms. The van der Waals surface area contributed by atoms with E-state index >= 15 is 0 Å². The summed E-state index contributed by atoms with van der Waals surface area (Å²) in [5.74, 6) is 0. The number of unbranched alkanes of at least 4 members (excludes halogenated alkanes) is 3. The van der Waals surface area contributed by atoms with Crippen LogP contribution in [0.5, 0.6) is 0 Å². The van der Waals surface area contributed by atoms with Crippen LogP contribution in [-0.4, -0.2) is 12.5 Å². The number of hydrogen-bond acceptors (Lipinski definition) is 1. The molecule has 0 aromatic rings. The first-order valence-electron chi connectivity index (χ1n) is 4.97. The third-order valence-corrected chi connectivity index (χ3v) is 2.16. The van der Waals surface area contributed by atoms with Gasteiger partial charge < -0.3 is 5.32 Å². The third-order valence-electron chi connectivity index (χ3n) is 2.16. The van der Waals surface area contributed by atoms with Crippen molar-refractivity contribution in [2.75, 3.05) is 0 Å². The Hall–Kier alpha value is -0.530. The summed E-state index contributed by atoms with van der Waals surface area (Å²) in [4.78, 5) is 10.0. The van der Waals surface area contributed by atoms with E-state index < -0.39 is 0 Å². The fourth-order valence-corrected chi connectivity index (χ4v) is 1.28. The van der Waals surface area contributed by atoms with Crippen LogP contribution in [0.25, 0.3) is 0 Å². The summed E-state index contributed by atoms with van der Waals surface area (Å²) < 4.78 is 0. The molecule has 0 aromatic carbocycles. The van der Waals surface area contributed by atoms with Gasteiger partial charge in [-0.2, -0.15) is 0 Å². The molecule has 0 aliphatic heterocycles. The van der Waals surface area contributed by atoms with Crippen molar-refractivity contribution in [1.29, 1.82) is 0 Å². The molecule has 1 radical (unpaired) electrons. The Morgan fingerprint density at radius 1 is 1.25 bits per heavy atom. The monoisotopic (exact) mass is 170 g/mol. The second-order valence-electron chi connectivity index (χ2n) is 3.20. The minimum absolute atomic E-state index is 0.347. The lowest BCUT2D eigenvalue weighted by Crippen LogP contribution is -2.26. The molecule has 71 valence electrons. The zero-order chi connectivity index (χ0) is 9.23. The predicted molar refractivity (Wildman–Crippen MR) is 51.7 cm³/mol. The normalized spacial score (nSPS) is 12.5. The van der Waals surface area contributed by atoms with Gasteiger partial charge in [0.15, 0.2) is 0 Å². The van der Waals surface area contributed by atoms with E-state index in [1.807, 2.05) is 0 Å². The summed E-state index contributed by atoms with van der Waals surface area (Å²) in [6.45, 7) is 4.30. The van der Waals surface area contributed by atoms with Crippen molar-refractivity contribution >= 4 is 6.41 Å². The van der Waals surface area contributed by atoms with Crippen molar-refractivity contribution < 1.29 is 4.79 Å². The minimum Gasteiger partial charge on any atom is -0.345 e. The first-order valence-corrected chi connectivity index (χ1v) is 4.97. The lowest BCUT2D eigenvalue weighted by atomic mass is 10.1. The first kappa shape index (κ1) is 11.5. The van der Waals surface area contributed by atoms with Crippen LogP contribution in [0.4, 0.5) is 0 Å². The number of nitrogens with one attached hydrogen (secondary N) is 1. The summed E-state index contributed by atoms with van der Waals surface area (Å²) in [6.07, 6.45) is 8.96. The topological polar surface area (TPSA) is 29.1 Å². The maximum atomic E-state index is 10.0. The molecule has 0 bridgehead atoms. The van der Waals surface area contributed by atoms with E-state index in [4.69, 9.17) is 0 Å². The Labute approximate surface area is 75.7 Å². The highest BCUT2D eigenvalue weighted by atomic mass is 16.1. The van der Waals surface area contributed by atoms with Gasteiger partial charge in [0.25, 0.3) is 0 Å². The van der Waals surface area contributed by atoms with Crippen LogP contribution in [0, 0.1) is 0 Å². The largest absolute Gasteiger partial charge is 0.345 e. The molecule has 0 saturated heterocycles. The fraction of sp³-hybridized carbons (Fsp3) is 0.900. The van der Waals surface area contributed by atoms with Gasteiger partial charge in [-0.3, -0.25) is 4.79 Å². The maximum absolute atomic E-state index is 10.0. The van der Waals surface area contributed by atoms with Gasteiger partial charge in [0.05, 0.1) is 0 Å². The average molecular weight is 170 g/mol. The van der Waals surface area contributed by atoms with Gasteiger partial charge in [-0.05, 0) is 12.8 Å². The molecule has 1 unspecified atom stereocenters. The molecule has 0 aliphatic carbocycles. The van der Waals surface area contributed by atoms with E-state index in [2.05, 4.69) is 19.2 Å². The molecule has 0 heterocycles. The van der Waals surface area contributed by atoms with Gasteiger partial charge in [-0.25, -0.2) is 0 Å². The van der Waals surface area contributed by atoms with E-state index in [1.54, 1.807) is 6.41 Å². The van der Waals surface area contributed by atoms with Crippen molar-refractivity contribution in [2.45, 2.75) is 58.4 Å². The van der Waals surface area contributed by atoms with E-state index in [0.717, 1.165) is 12.8 Å². The molecular weight excluding hydrogens is 150 g/mol. The quantitative estimate of drug-likeness (QED) is 0.440. The highest BCUT2D eigenvalue weighted by Gasteiger charge is 2.02. The Bertz CT molecular complexity index is 104. The van der Waals surface area contributed by atoms with Gasteiger partial charge in [0.2, 0.25) is 0 Å². The van der Waals surface area contributed by atoms with Crippen molar-refractivity contribution in [3.63, 3.8) is 0 Å². The molecule has 1 N–H and O–H groups in total. The molecule has 0 spiro atoms. The summed E-state index contributed by atoms with van der Waals surface area (Å²) in [7, 11) is 0. The van der Waals surface area contributed by atoms with Crippen LogP contribution >= 0.6 is 0 Å². The van der Waals surface area contributed by atoms with Crippen LogP contribution in [0.3, 0.4) is 0 Å². The van der Waals surface area contributed by atoms with Crippen molar-refractivity contribution in [2.24, 2.45) is 0 Å². The molecular formula is C10H20NO. The lowest BCUT2D eigenvalue weighted by Gasteiger charge is -2.11. The smallest absolute Gasteiger partial charge is 0.309 e. The molecule has 0 fully saturated rings. The molecule has 2 nitrogen and oxygen atoms in total. The number of amides is 1. The molecule has 1 atom stereocenters. The average Bonchev–Trinajstić information content (AvgIpc) is 2.10. The predicted octanol–water partition coefficient (Wildman–Crippen LogP) is 2.39. The lowest BCUT2D eigenvalue weighted by molar-refractivity contribution is 0.473. The maximum Gasteiger partial charge on any atom is 0.309 e. The van der Waals surface area contributed by atoms with Gasteiger partial charge in [-0.1, -0.05) is 39.5 Å². The van der Waals surface area contributed by atoms with E-state index in [1.165, 1.54) is 25.7 Å². The number of rotatable bonds is 8. The Balaban J connectivity index is 3.25. The second-order valence-corrected chi connectivity index (χ2v) is 3.20. The molecule has 0 rings (SSSR count). The van der Waals surface area contributed by atoms with Crippen molar-refractivity contribution in [3.8, 4) is 0 Å². The van der Waals surface area contributed by atoms with Crippen molar-refractivity contribution in [3.05, 3.63) is 0 Å².